The summed E-state index contributed by atoms with van der Waals surface area (Å²) >= 11 is 0. The van der Waals surface area contributed by atoms with Gasteiger partial charge in [-0.2, -0.15) is 0 Å². The number of para-hydroxylation sites is 1. The molecule has 0 fully saturated rings. The van der Waals surface area contributed by atoms with E-state index in [0.29, 0.717) is 13.0 Å². The van der Waals surface area contributed by atoms with Crippen LogP contribution in [0, 0.1) is 0 Å². The predicted molar refractivity (Wildman–Crippen MR) is 112 cm³/mol. The van der Waals surface area contributed by atoms with Gasteiger partial charge < -0.3 is 10.2 Å². The number of hydrogen-bond donors (Lipinski definition) is 1. The van der Waals surface area contributed by atoms with E-state index in [-0.39, 0.29) is 11.8 Å². The van der Waals surface area contributed by atoms with Crippen molar-refractivity contribution in [2.45, 2.75) is 12.3 Å². The Morgan fingerprint density at radius 1 is 0.815 bits per heavy atom. The average Bonchev–Trinajstić information content (AvgIpc) is 2.74. The van der Waals surface area contributed by atoms with Crippen LogP contribution in [0.3, 0.4) is 0 Å². The molecule has 3 aromatic rings. The van der Waals surface area contributed by atoms with Gasteiger partial charge in [0.15, 0.2) is 0 Å². The fourth-order valence-electron chi connectivity index (χ4n) is 3.23. The van der Waals surface area contributed by atoms with Gasteiger partial charge in [-0.3, -0.25) is 4.79 Å². The molecule has 0 spiro atoms. The van der Waals surface area contributed by atoms with Gasteiger partial charge in [0.1, 0.15) is 0 Å². The van der Waals surface area contributed by atoms with Crippen molar-refractivity contribution in [3.8, 4) is 0 Å². The van der Waals surface area contributed by atoms with Gasteiger partial charge in [-0.1, -0.05) is 78.9 Å². The number of anilines is 1. The highest BCUT2D eigenvalue weighted by Gasteiger charge is 2.17. The van der Waals surface area contributed by atoms with Crippen molar-refractivity contribution in [1.82, 2.24) is 5.32 Å². The molecule has 1 amide bonds. The van der Waals surface area contributed by atoms with E-state index in [1.54, 1.807) is 0 Å². The molecule has 0 bridgehead atoms. The van der Waals surface area contributed by atoms with Crippen LogP contribution in [0.2, 0.25) is 0 Å². The van der Waals surface area contributed by atoms with E-state index in [9.17, 15) is 4.79 Å². The first-order valence-corrected chi connectivity index (χ1v) is 9.37. The topological polar surface area (TPSA) is 32.3 Å². The molecule has 0 atom stereocenters. The summed E-state index contributed by atoms with van der Waals surface area (Å²) in [6, 6.07) is 30.7. The van der Waals surface area contributed by atoms with Crippen LogP contribution >= 0.6 is 0 Å². The Labute approximate surface area is 161 Å². The van der Waals surface area contributed by atoms with Crippen LogP contribution in [0.1, 0.15) is 23.5 Å². The van der Waals surface area contributed by atoms with Crippen LogP contribution in [-0.4, -0.2) is 26.0 Å². The summed E-state index contributed by atoms with van der Waals surface area (Å²) in [7, 11) is 2.04. The predicted octanol–water partition coefficient (Wildman–Crippen LogP) is 4.46. The minimum Gasteiger partial charge on any atom is -0.373 e. The number of carbonyl (C=O) groups excluding carboxylic acids is 1. The molecule has 0 aliphatic rings. The maximum absolute atomic E-state index is 12.6. The first-order chi connectivity index (χ1) is 13.2. The number of hydrogen-bond acceptors (Lipinski definition) is 2. The van der Waals surface area contributed by atoms with Gasteiger partial charge in [-0.15, -0.1) is 0 Å². The zero-order chi connectivity index (χ0) is 18.9. The lowest BCUT2D eigenvalue weighted by atomic mass is 9.88. The Bertz CT molecular complexity index is 779. The van der Waals surface area contributed by atoms with E-state index in [1.807, 2.05) is 61.6 Å². The normalized spacial score (nSPS) is 10.6. The molecule has 0 unspecified atom stereocenters. The third-order valence-corrected chi connectivity index (χ3v) is 4.76. The number of carbonyl (C=O) groups is 1. The monoisotopic (exact) mass is 358 g/mol. The largest absolute Gasteiger partial charge is 0.373 e. The number of amides is 1. The first-order valence-electron chi connectivity index (χ1n) is 9.37. The van der Waals surface area contributed by atoms with Crippen molar-refractivity contribution in [3.05, 3.63) is 102 Å². The summed E-state index contributed by atoms with van der Waals surface area (Å²) in [5, 5.41) is 3.07. The van der Waals surface area contributed by atoms with Crippen LogP contribution in [-0.2, 0) is 4.79 Å². The molecule has 3 aromatic carbocycles. The summed E-state index contributed by atoms with van der Waals surface area (Å²) in [6.07, 6.45) is 0.447. The number of nitrogens with zero attached hydrogens (tertiary/aromatic N) is 1. The number of rotatable bonds is 8. The van der Waals surface area contributed by atoms with Crippen molar-refractivity contribution < 1.29 is 4.79 Å². The molecule has 0 saturated heterocycles. The maximum Gasteiger partial charge on any atom is 0.221 e. The Morgan fingerprint density at radius 3 is 1.81 bits per heavy atom. The van der Waals surface area contributed by atoms with Crippen molar-refractivity contribution in [3.63, 3.8) is 0 Å². The molecule has 0 radical (unpaired) electrons. The second-order valence-electron chi connectivity index (χ2n) is 6.69. The van der Waals surface area contributed by atoms with Gasteiger partial charge in [0.05, 0.1) is 0 Å². The standard InChI is InChI=1S/C24H26N2O/c1-26(22-15-9-4-10-16-22)18-17-25-24(27)19-23(20-11-5-2-6-12-20)21-13-7-3-8-14-21/h2-16,23H,17-19H2,1H3,(H,25,27). The van der Waals surface area contributed by atoms with E-state index in [4.69, 9.17) is 0 Å². The van der Waals surface area contributed by atoms with Crippen LogP contribution in [0.25, 0.3) is 0 Å². The van der Waals surface area contributed by atoms with Gasteiger partial charge in [-0.05, 0) is 23.3 Å². The van der Waals surface area contributed by atoms with Gasteiger partial charge in [0.2, 0.25) is 5.91 Å². The molecule has 3 heteroatoms. The molecule has 0 aliphatic heterocycles. The number of likely N-dealkylation sites (N-methyl/N-ethyl adjacent to an activating group) is 1. The fraction of sp³-hybridized carbons (Fsp3) is 0.208. The van der Waals surface area contributed by atoms with E-state index in [2.05, 4.69) is 46.6 Å². The number of benzene rings is 3. The third-order valence-electron chi connectivity index (χ3n) is 4.76. The van der Waals surface area contributed by atoms with Crippen molar-refractivity contribution in [1.29, 1.82) is 0 Å². The molecule has 138 valence electrons. The van der Waals surface area contributed by atoms with Crippen molar-refractivity contribution in [2.24, 2.45) is 0 Å². The fourth-order valence-corrected chi connectivity index (χ4v) is 3.23. The molecule has 1 N–H and O–H groups in total. The summed E-state index contributed by atoms with van der Waals surface area (Å²) in [4.78, 5) is 14.7. The lowest BCUT2D eigenvalue weighted by Gasteiger charge is -2.21. The van der Waals surface area contributed by atoms with Crippen LogP contribution in [0.4, 0.5) is 5.69 Å². The highest BCUT2D eigenvalue weighted by atomic mass is 16.1. The Morgan fingerprint density at radius 2 is 1.30 bits per heavy atom. The second-order valence-corrected chi connectivity index (χ2v) is 6.69. The minimum atomic E-state index is 0.0688. The van der Waals surface area contributed by atoms with Gasteiger partial charge in [0, 0.05) is 38.2 Å². The summed E-state index contributed by atoms with van der Waals surface area (Å²) in [5.41, 5.74) is 3.48. The van der Waals surface area contributed by atoms with Crippen molar-refractivity contribution in [2.75, 3.05) is 25.0 Å². The maximum atomic E-state index is 12.6. The molecule has 0 aromatic heterocycles. The summed E-state index contributed by atoms with van der Waals surface area (Å²) in [6.45, 7) is 1.40. The van der Waals surface area contributed by atoms with Crippen LogP contribution in [0.15, 0.2) is 91.0 Å². The molecular formula is C24H26N2O. The average molecular weight is 358 g/mol. The van der Waals surface area contributed by atoms with E-state index in [0.717, 1.165) is 12.2 Å². The molecular weight excluding hydrogens is 332 g/mol. The number of nitrogens with one attached hydrogen (secondary N) is 1. The first kappa shape index (κ1) is 18.7. The smallest absolute Gasteiger partial charge is 0.221 e. The zero-order valence-corrected chi connectivity index (χ0v) is 15.7. The molecule has 0 saturated carbocycles. The van der Waals surface area contributed by atoms with Crippen molar-refractivity contribution >= 4 is 11.6 Å². The highest BCUT2D eigenvalue weighted by molar-refractivity contribution is 5.77. The Kier molecular flexibility index (Phi) is 6.64. The van der Waals surface area contributed by atoms with E-state index in [1.165, 1.54) is 11.1 Å². The molecule has 0 aliphatic carbocycles. The third kappa shape index (κ3) is 5.45. The summed E-state index contributed by atoms with van der Waals surface area (Å²) in [5.74, 6) is 0.147. The molecule has 3 rings (SSSR count). The lowest BCUT2D eigenvalue weighted by molar-refractivity contribution is -0.121. The molecule has 3 nitrogen and oxygen atoms in total. The molecule has 0 heterocycles. The Hall–Kier alpha value is -3.07. The lowest BCUT2D eigenvalue weighted by Crippen LogP contribution is -2.33. The van der Waals surface area contributed by atoms with Gasteiger partial charge >= 0.3 is 0 Å². The summed E-state index contributed by atoms with van der Waals surface area (Å²) < 4.78 is 0. The van der Waals surface area contributed by atoms with Crippen LogP contribution in [0.5, 0.6) is 0 Å². The highest BCUT2D eigenvalue weighted by Crippen LogP contribution is 2.27. The zero-order valence-electron chi connectivity index (χ0n) is 15.7. The van der Waals surface area contributed by atoms with Gasteiger partial charge in [-0.25, -0.2) is 0 Å². The minimum absolute atomic E-state index is 0.0688. The second kappa shape index (κ2) is 9.58. The molecule has 27 heavy (non-hydrogen) atoms. The Balaban J connectivity index is 1.58. The quantitative estimate of drug-likeness (QED) is 0.645. The van der Waals surface area contributed by atoms with E-state index >= 15 is 0 Å². The van der Waals surface area contributed by atoms with Gasteiger partial charge in [0.25, 0.3) is 0 Å². The van der Waals surface area contributed by atoms with E-state index < -0.39 is 0 Å². The SMILES string of the molecule is CN(CCNC(=O)CC(c1ccccc1)c1ccccc1)c1ccccc1. The van der Waals surface area contributed by atoms with Crippen LogP contribution < -0.4 is 10.2 Å².